The fourth-order valence-corrected chi connectivity index (χ4v) is 1.46. The summed E-state index contributed by atoms with van der Waals surface area (Å²) in [5.74, 6) is -3.70. The summed E-state index contributed by atoms with van der Waals surface area (Å²) < 4.78 is 55.1. The van der Waals surface area contributed by atoms with E-state index >= 15 is 0 Å². The molecule has 1 aromatic rings. The lowest BCUT2D eigenvalue weighted by Gasteiger charge is -2.19. The second-order valence-corrected chi connectivity index (χ2v) is 4.29. The monoisotopic (exact) mass is 328 g/mol. The molecule has 0 aliphatic rings. The van der Waals surface area contributed by atoms with Gasteiger partial charge >= 0.3 is 6.18 Å². The zero-order valence-corrected chi connectivity index (χ0v) is 10.5. The molecule has 0 saturated heterocycles. The van der Waals surface area contributed by atoms with E-state index < -0.39 is 30.4 Å². The van der Waals surface area contributed by atoms with Gasteiger partial charge in [0.05, 0.1) is 4.47 Å². The third kappa shape index (κ3) is 3.86. The van der Waals surface area contributed by atoms with Crippen molar-refractivity contribution >= 4 is 21.8 Å². The minimum Gasteiger partial charge on any atom is -0.492 e. The Morgan fingerprint density at radius 3 is 2.50 bits per heavy atom. The van der Waals surface area contributed by atoms with Crippen LogP contribution in [0, 0.1) is 17.1 Å². The van der Waals surface area contributed by atoms with Gasteiger partial charge in [0.2, 0.25) is 0 Å². The molecule has 0 fully saturated rings. The van der Waals surface area contributed by atoms with Crippen LogP contribution in [0.5, 0.6) is 5.75 Å². The van der Waals surface area contributed by atoms with Crippen LogP contribution < -0.4 is 10.5 Å². The number of benzene rings is 1. The molecule has 3 nitrogen and oxygen atoms in total. The number of ether oxygens (including phenoxy) is 1. The molecule has 0 amide bonds. The first kappa shape index (κ1) is 14.7. The van der Waals surface area contributed by atoms with Crippen molar-refractivity contribution in [2.24, 2.45) is 11.7 Å². The molecular formula is C10H9BrF4N2O. The normalized spacial score (nSPS) is 13.2. The summed E-state index contributed by atoms with van der Waals surface area (Å²) in [6, 6.07) is 3.44. The molecule has 0 heterocycles. The lowest BCUT2D eigenvalue weighted by atomic mass is 10.1. The molecule has 3 N–H and O–H groups in total. The van der Waals surface area contributed by atoms with Crippen LogP contribution in [-0.4, -0.2) is 18.6 Å². The van der Waals surface area contributed by atoms with E-state index in [1.165, 1.54) is 12.1 Å². The number of alkyl halides is 3. The van der Waals surface area contributed by atoms with Crippen molar-refractivity contribution in [2.45, 2.75) is 6.18 Å². The fraction of sp³-hybridized carbons (Fsp3) is 0.300. The fourth-order valence-electron chi connectivity index (χ4n) is 1.11. The van der Waals surface area contributed by atoms with Crippen LogP contribution in [0.1, 0.15) is 0 Å². The van der Waals surface area contributed by atoms with Crippen LogP contribution in [-0.2, 0) is 0 Å². The van der Waals surface area contributed by atoms with Crippen LogP contribution in [0.4, 0.5) is 17.6 Å². The largest absolute Gasteiger partial charge is 0.492 e. The van der Waals surface area contributed by atoms with E-state index in [1.807, 2.05) is 0 Å². The van der Waals surface area contributed by atoms with Gasteiger partial charge in [-0.1, -0.05) is 0 Å². The number of amidine groups is 1. The van der Waals surface area contributed by atoms with Gasteiger partial charge in [0, 0.05) is 0 Å². The Kier molecular flexibility index (Phi) is 4.55. The third-order valence-electron chi connectivity index (χ3n) is 2.08. The number of nitrogens with one attached hydrogen (secondary N) is 1. The number of nitrogens with two attached hydrogens (primary N) is 1. The Bertz CT molecular complexity index is 450. The minimum atomic E-state index is -4.65. The highest BCUT2D eigenvalue weighted by atomic mass is 79.9. The van der Waals surface area contributed by atoms with Crippen molar-refractivity contribution in [3.8, 4) is 5.75 Å². The number of hydrogen-bond acceptors (Lipinski definition) is 2. The van der Waals surface area contributed by atoms with Crippen molar-refractivity contribution in [2.75, 3.05) is 6.61 Å². The highest BCUT2D eigenvalue weighted by molar-refractivity contribution is 9.10. The second kappa shape index (κ2) is 5.55. The molecule has 8 heteroatoms. The van der Waals surface area contributed by atoms with Crippen LogP contribution in [0.25, 0.3) is 0 Å². The van der Waals surface area contributed by atoms with Gasteiger partial charge in [0.1, 0.15) is 29.9 Å². The van der Waals surface area contributed by atoms with Gasteiger partial charge in [-0.15, -0.1) is 0 Å². The van der Waals surface area contributed by atoms with Crippen molar-refractivity contribution in [3.63, 3.8) is 0 Å². The van der Waals surface area contributed by atoms with Gasteiger partial charge < -0.3 is 10.5 Å². The van der Waals surface area contributed by atoms with Gasteiger partial charge in [0.15, 0.2) is 0 Å². The summed E-state index contributed by atoms with van der Waals surface area (Å²) in [5.41, 5.74) is 4.86. The molecular weight excluding hydrogens is 320 g/mol. The molecule has 18 heavy (non-hydrogen) atoms. The maximum absolute atomic E-state index is 12.9. The highest BCUT2D eigenvalue weighted by Gasteiger charge is 2.42. The number of hydrogen-bond donors (Lipinski definition) is 2. The Morgan fingerprint density at radius 2 is 2.06 bits per heavy atom. The zero-order valence-electron chi connectivity index (χ0n) is 8.89. The molecule has 0 radical (unpaired) electrons. The molecule has 0 aliphatic carbocycles. The first-order valence-electron chi connectivity index (χ1n) is 4.70. The first-order valence-corrected chi connectivity index (χ1v) is 5.49. The number of rotatable bonds is 4. The predicted octanol–water partition coefficient (Wildman–Crippen LogP) is 3.08. The third-order valence-corrected chi connectivity index (χ3v) is 2.69. The number of halogens is 5. The van der Waals surface area contributed by atoms with E-state index in [0.717, 1.165) is 6.07 Å². The van der Waals surface area contributed by atoms with Gasteiger partial charge in [-0.3, -0.25) is 5.41 Å². The molecule has 1 aromatic carbocycles. The van der Waals surface area contributed by atoms with Gasteiger partial charge in [-0.05, 0) is 34.1 Å². The average Bonchev–Trinajstić information content (AvgIpc) is 2.21. The first-order chi connectivity index (χ1) is 8.21. The molecule has 0 spiro atoms. The van der Waals surface area contributed by atoms with Crippen molar-refractivity contribution in [1.29, 1.82) is 5.41 Å². The van der Waals surface area contributed by atoms with E-state index in [1.54, 1.807) is 0 Å². The van der Waals surface area contributed by atoms with E-state index in [-0.39, 0.29) is 10.2 Å². The smallest absolute Gasteiger partial charge is 0.401 e. The molecule has 0 saturated carbocycles. The van der Waals surface area contributed by atoms with Gasteiger partial charge in [0.25, 0.3) is 0 Å². The molecule has 1 rings (SSSR count). The van der Waals surface area contributed by atoms with E-state index in [2.05, 4.69) is 15.9 Å². The summed E-state index contributed by atoms with van der Waals surface area (Å²) in [7, 11) is 0. The van der Waals surface area contributed by atoms with E-state index in [0.29, 0.717) is 0 Å². The maximum Gasteiger partial charge on any atom is 0.401 e. The van der Waals surface area contributed by atoms with Crippen LogP contribution in [0.15, 0.2) is 22.7 Å². The SMILES string of the molecule is N=C(N)C(COc1ccc(F)c(Br)c1)C(F)(F)F. The summed E-state index contributed by atoms with van der Waals surface area (Å²) in [4.78, 5) is 0. The topological polar surface area (TPSA) is 59.1 Å². The Balaban J connectivity index is 2.73. The van der Waals surface area contributed by atoms with E-state index in [9.17, 15) is 17.6 Å². The van der Waals surface area contributed by atoms with Crippen LogP contribution in [0.2, 0.25) is 0 Å². The zero-order chi connectivity index (χ0) is 13.9. The lowest BCUT2D eigenvalue weighted by Crippen LogP contribution is -2.39. The summed E-state index contributed by atoms with van der Waals surface area (Å²) in [6.07, 6.45) is -4.65. The molecule has 0 aliphatic heterocycles. The Morgan fingerprint density at radius 1 is 1.44 bits per heavy atom. The predicted molar refractivity (Wildman–Crippen MR) is 61.1 cm³/mol. The molecule has 0 bridgehead atoms. The molecule has 1 unspecified atom stereocenters. The lowest BCUT2D eigenvalue weighted by molar-refractivity contribution is -0.162. The maximum atomic E-state index is 12.9. The summed E-state index contributed by atoms with van der Waals surface area (Å²) in [5, 5.41) is 6.86. The van der Waals surface area contributed by atoms with E-state index in [4.69, 9.17) is 15.9 Å². The molecule has 1 atom stereocenters. The van der Waals surface area contributed by atoms with Crippen molar-refractivity contribution < 1.29 is 22.3 Å². The summed E-state index contributed by atoms with van der Waals surface area (Å²) >= 11 is 2.88. The average molecular weight is 329 g/mol. The second-order valence-electron chi connectivity index (χ2n) is 3.44. The van der Waals surface area contributed by atoms with Crippen molar-refractivity contribution in [1.82, 2.24) is 0 Å². The molecule has 100 valence electrons. The van der Waals surface area contributed by atoms with Gasteiger partial charge in [-0.2, -0.15) is 13.2 Å². The summed E-state index contributed by atoms with van der Waals surface area (Å²) in [6.45, 7) is -0.823. The molecule has 0 aromatic heterocycles. The Hall–Kier alpha value is -1.31. The van der Waals surface area contributed by atoms with Crippen LogP contribution in [0.3, 0.4) is 0 Å². The standard InChI is InChI=1S/C10H9BrF4N2O/c11-7-3-5(1-2-8(7)12)18-4-6(9(16)17)10(13,14)15/h1-3,6H,4H2,(H3,16,17). The van der Waals surface area contributed by atoms with Crippen molar-refractivity contribution in [3.05, 3.63) is 28.5 Å². The van der Waals surface area contributed by atoms with Gasteiger partial charge in [-0.25, -0.2) is 4.39 Å². The van der Waals surface area contributed by atoms with Crippen LogP contribution >= 0.6 is 15.9 Å². The minimum absolute atomic E-state index is 0.0544. The quantitative estimate of drug-likeness (QED) is 0.507. The Labute approximate surface area is 109 Å². The highest BCUT2D eigenvalue weighted by Crippen LogP contribution is 2.28.